The maximum atomic E-state index is 13.6. The Morgan fingerprint density at radius 2 is 2.14 bits per heavy atom. The van der Waals surface area contributed by atoms with Gasteiger partial charge in [-0.25, -0.2) is 0 Å². The minimum atomic E-state index is -0.165. The molecule has 4 heterocycles. The number of nitrogens with zero attached hydrogens (tertiary/aromatic N) is 1. The number of amides is 1. The molecule has 0 radical (unpaired) electrons. The number of rotatable bonds is 3. The highest BCUT2D eigenvalue weighted by molar-refractivity contribution is 7.10. The normalized spacial score (nSPS) is 20.8. The molecule has 2 atom stereocenters. The summed E-state index contributed by atoms with van der Waals surface area (Å²) in [4.78, 5) is 18.3. The monoisotopic (exact) mass is 411 g/mol. The van der Waals surface area contributed by atoms with Gasteiger partial charge in [-0.15, -0.1) is 22.7 Å². The van der Waals surface area contributed by atoms with Crippen LogP contribution in [0.25, 0.3) is 0 Å². The Hall–Kier alpha value is -2.31. The number of methoxy groups -OCH3 is 1. The van der Waals surface area contributed by atoms with E-state index in [-0.39, 0.29) is 17.9 Å². The van der Waals surface area contributed by atoms with E-state index in [1.807, 2.05) is 18.2 Å². The van der Waals surface area contributed by atoms with Gasteiger partial charge in [-0.05, 0) is 65.1 Å². The van der Waals surface area contributed by atoms with Gasteiger partial charge in [-0.1, -0.05) is 6.07 Å². The molecule has 0 spiro atoms. The Kier molecular flexibility index (Phi) is 4.61. The van der Waals surface area contributed by atoms with Gasteiger partial charge in [0.1, 0.15) is 18.1 Å². The minimum absolute atomic E-state index is 0.0224. The Bertz CT molecular complexity index is 995. The molecule has 0 aliphatic carbocycles. The van der Waals surface area contributed by atoms with Crippen molar-refractivity contribution in [2.45, 2.75) is 18.9 Å². The molecule has 2 aliphatic heterocycles. The predicted molar refractivity (Wildman–Crippen MR) is 112 cm³/mol. The molecule has 2 aromatic heterocycles. The molecule has 0 fully saturated rings. The summed E-state index contributed by atoms with van der Waals surface area (Å²) in [5.74, 6) is 1.68. The van der Waals surface area contributed by atoms with Gasteiger partial charge in [-0.2, -0.15) is 0 Å². The number of carbonyl (C=O) groups excluding carboxylic acids is 1. The fourth-order valence-corrected chi connectivity index (χ4v) is 5.96. The van der Waals surface area contributed by atoms with Crippen LogP contribution in [0.4, 0.5) is 0 Å². The summed E-state index contributed by atoms with van der Waals surface area (Å²) in [6.07, 6.45) is 1.62. The summed E-state index contributed by atoms with van der Waals surface area (Å²) >= 11 is 3.52. The molecular formula is C22H21NO3S2. The molecule has 0 unspecified atom stereocenters. The van der Waals surface area contributed by atoms with Crippen LogP contribution in [0.5, 0.6) is 11.5 Å². The second-order valence-corrected chi connectivity index (χ2v) is 9.16. The molecular weight excluding hydrogens is 390 g/mol. The molecule has 0 bridgehead atoms. The average Bonchev–Trinajstić information content (AvgIpc) is 3.43. The Morgan fingerprint density at radius 3 is 2.96 bits per heavy atom. The van der Waals surface area contributed by atoms with Crippen molar-refractivity contribution in [3.05, 3.63) is 68.0 Å². The fourth-order valence-electron chi connectivity index (χ4n) is 4.20. The molecule has 4 nitrogen and oxygen atoms in total. The van der Waals surface area contributed by atoms with Crippen LogP contribution in [-0.4, -0.2) is 31.1 Å². The quantitative estimate of drug-likeness (QED) is 0.635. The van der Waals surface area contributed by atoms with Crippen molar-refractivity contribution in [3.8, 4) is 11.5 Å². The van der Waals surface area contributed by atoms with Crippen molar-refractivity contribution < 1.29 is 14.3 Å². The summed E-state index contributed by atoms with van der Waals surface area (Å²) in [6.45, 7) is 1.19. The molecule has 1 aromatic carbocycles. The van der Waals surface area contributed by atoms with Gasteiger partial charge in [0.25, 0.3) is 0 Å². The summed E-state index contributed by atoms with van der Waals surface area (Å²) in [5.41, 5.74) is 2.33. The molecule has 3 aromatic rings. The lowest BCUT2D eigenvalue weighted by Crippen LogP contribution is -2.45. The van der Waals surface area contributed by atoms with Crippen LogP contribution in [0.1, 0.15) is 26.9 Å². The Balaban J connectivity index is 1.44. The summed E-state index contributed by atoms with van der Waals surface area (Å²) < 4.78 is 11.3. The SMILES string of the molecule is COc1ccc2c(c1)C[C@H](C(=O)N1CCc3sccc3[C@@H]1c1cccs1)CO2. The highest BCUT2D eigenvalue weighted by Crippen LogP contribution is 2.41. The molecule has 0 saturated heterocycles. The van der Waals surface area contributed by atoms with Crippen LogP contribution in [0.3, 0.4) is 0 Å². The van der Waals surface area contributed by atoms with Crippen LogP contribution < -0.4 is 9.47 Å². The maximum absolute atomic E-state index is 13.6. The van der Waals surface area contributed by atoms with Crippen LogP contribution in [0.2, 0.25) is 0 Å². The van der Waals surface area contributed by atoms with Gasteiger partial charge in [0, 0.05) is 16.3 Å². The van der Waals surface area contributed by atoms with Crippen LogP contribution in [-0.2, 0) is 17.6 Å². The molecule has 1 amide bonds. The summed E-state index contributed by atoms with van der Waals surface area (Å²) in [5, 5.41) is 4.23. The number of carbonyl (C=O) groups is 1. The molecule has 0 N–H and O–H groups in total. The number of hydrogen-bond donors (Lipinski definition) is 0. The third kappa shape index (κ3) is 3.01. The zero-order valence-electron chi connectivity index (χ0n) is 15.6. The van der Waals surface area contributed by atoms with Gasteiger partial charge < -0.3 is 14.4 Å². The van der Waals surface area contributed by atoms with E-state index in [2.05, 4.69) is 33.9 Å². The minimum Gasteiger partial charge on any atom is -0.497 e. The van der Waals surface area contributed by atoms with Crippen molar-refractivity contribution in [1.29, 1.82) is 0 Å². The van der Waals surface area contributed by atoms with E-state index in [1.165, 1.54) is 15.3 Å². The fraction of sp³-hybridized carbons (Fsp3) is 0.318. The topological polar surface area (TPSA) is 38.8 Å². The number of thiophene rings is 2. The first-order valence-corrected chi connectivity index (χ1v) is 11.2. The lowest BCUT2D eigenvalue weighted by molar-refractivity contribution is -0.139. The number of fused-ring (bicyclic) bond motifs is 2. The number of ether oxygens (including phenoxy) is 2. The van der Waals surface area contributed by atoms with Crippen molar-refractivity contribution in [2.24, 2.45) is 5.92 Å². The maximum Gasteiger partial charge on any atom is 0.230 e. The van der Waals surface area contributed by atoms with E-state index in [0.29, 0.717) is 13.0 Å². The summed E-state index contributed by atoms with van der Waals surface area (Å²) in [6, 6.07) is 12.2. The van der Waals surface area contributed by atoms with E-state index in [0.717, 1.165) is 30.0 Å². The lowest BCUT2D eigenvalue weighted by Gasteiger charge is -2.38. The zero-order chi connectivity index (χ0) is 19.1. The van der Waals surface area contributed by atoms with Crippen LogP contribution >= 0.6 is 22.7 Å². The van der Waals surface area contributed by atoms with E-state index in [4.69, 9.17) is 9.47 Å². The van der Waals surface area contributed by atoms with E-state index >= 15 is 0 Å². The second-order valence-electron chi connectivity index (χ2n) is 7.18. The Labute approximate surface area is 172 Å². The highest BCUT2D eigenvalue weighted by Gasteiger charge is 2.38. The van der Waals surface area contributed by atoms with E-state index in [1.54, 1.807) is 29.8 Å². The smallest absolute Gasteiger partial charge is 0.230 e. The lowest BCUT2D eigenvalue weighted by atomic mass is 9.92. The molecule has 5 rings (SSSR count). The second kappa shape index (κ2) is 7.26. The van der Waals surface area contributed by atoms with E-state index < -0.39 is 0 Å². The molecule has 28 heavy (non-hydrogen) atoms. The molecule has 6 heteroatoms. The Morgan fingerprint density at radius 1 is 1.21 bits per heavy atom. The number of benzene rings is 1. The summed E-state index contributed by atoms with van der Waals surface area (Å²) in [7, 11) is 1.66. The molecule has 0 saturated carbocycles. The van der Waals surface area contributed by atoms with Crippen molar-refractivity contribution in [1.82, 2.24) is 4.90 Å². The zero-order valence-corrected chi connectivity index (χ0v) is 17.2. The van der Waals surface area contributed by atoms with E-state index in [9.17, 15) is 4.79 Å². The largest absolute Gasteiger partial charge is 0.497 e. The van der Waals surface area contributed by atoms with Gasteiger partial charge in [-0.3, -0.25) is 4.79 Å². The first-order valence-electron chi connectivity index (χ1n) is 9.44. The average molecular weight is 412 g/mol. The van der Waals surface area contributed by atoms with Crippen LogP contribution in [0.15, 0.2) is 47.2 Å². The molecule has 144 valence electrons. The highest BCUT2D eigenvalue weighted by atomic mass is 32.1. The third-order valence-corrected chi connectivity index (χ3v) is 7.51. The van der Waals surface area contributed by atoms with Crippen molar-refractivity contribution >= 4 is 28.6 Å². The van der Waals surface area contributed by atoms with Gasteiger partial charge in [0.2, 0.25) is 5.91 Å². The number of hydrogen-bond acceptors (Lipinski definition) is 5. The standard InChI is InChI=1S/C22H21NO3S2/c1-25-16-4-5-18-14(12-16)11-15(13-26-18)22(24)23-8-6-19-17(7-10-28-19)21(23)20-3-2-9-27-20/h2-5,7,9-10,12,15,21H,6,8,11,13H2,1H3/t15-,21+/m0/s1. The first kappa shape index (κ1) is 17.8. The van der Waals surface area contributed by atoms with Crippen molar-refractivity contribution in [2.75, 3.05) is 20.3 Å². The first-order chi connectivity index (χ1) is 13.7. The van der Waals surface area contributed by atoms with Crippen molar-refractivity contribution in [3.63, 3.8) is 0 Å². The van der Waals surface area contributed by atoms with Gasteiger partial charge >= 0.3 is 0 Å². The molecule has 2 aliphatic rings. The van der Waals surface area contributed by atoms with Gasteiger partial charge in [0.15, 0.2) is 0 Å². The van der Waals surface area contributed by atoms with Gasteiger partial charge in [0.05, 0.1) is 19.1 Å². The third-order valence-electron chi connectivity index (χ3n) is 5.58. The predicted octanol–water partition coefficient (Wildman–Crippen LogP) is 4.54. The van der Waals surface area contributed by atoms with Crippen LogP contribution in [0, 0.1) is 5.92 Å².